The maximum absolute atomic E-state index is 13.0. The summed E-state index contributed by atoms with van der Waals surface area (Å²) in [6, 6.07) is 8.60. The highest BCUT2D eigenvalue weighted by Crippen LogP contribution is 2.34. The summed E-state index contributed by atoms with van der Waals surface area (Å²) in [6.07, 6.45) is 5.17. The summed E-state index contributed by atoms with van der Waals surface area (Å²) >= 11 is 0. The minimum Gasteiger partial charge on any atom is -0.479 e. The number of ketones is 1. The second-order valence-electron chi connectivity index (χ2n) is 9.14. The summed E-state index contributed by atoms with van der Waals surface area (Å²) in [4.78, 5) is 56.3. The lowest BCUT2D eigenvalue weighted by atomic mass is 10.1. The Kier molecular flexibility index (Phi) is 5.77. The quantitative estimate of drug-likeness (QED) is 0.569. The second-order valence-corrected chi connectivity index (χ2v) is 9.14. The molecule has 0 bridgehead atoms. The average molecular weight is 463 g/mol. The smallest absolute Gasteiger partial charge is 0.268 e. The summed E-state index contributed by atoms with van der Waals surface area (Å²) in [7, 11) is 0. The number of aromatic nitrogens is 1. The van der Waals surface area contributed by atoms with Crippen molar-refractivity contribution in [1.82, 2.24) is 9.88 Å². The molecule has 34 heavy (non-hydrogen) atoms. The number of primary amides is 1. The Hall–Kier alpha value is -3.75. The fourth-order valence-corrected chi connectivity index (χ4v) is 4.50. The minimum absolute atomic E-state index is 0.0297. The summed E-state index contributed by atoms with van der Waals surface area (Å²) in [6.45, 7) is 0.635. The van der Waals surface area contributed by atoms with E-state index in [4.69, 9.17) is 10.5 Å². The van der Waals surface area contributed by atoms with Crippen molar-refractivity contribution >= 4 is 29.2 Å². The zero-order chi connectivity index (χ0) is 23.8. The number of pyridine rings is 1. The predicted molar refractivity (Wildman–Crippen MR) is 122 cm³/mol. The van der Waals surface area contributed by atoms with Crippen molar-refractivity contribution < 1.29 is 23.9 Å². The third kappa shape index (κ3) is 4.50. The molecule has 0 radical (unpaired) electrons. The van der Waals surface area contributed by atoms with Crippen LogP contribution in [0.2, 0.25) is 0 Å². The van der Waals surface area contributed by atoms with Gasteiger partial charge in [0.15, 0.2) is 11.9 Å². The van der Waals surface area contributed by atoms with E-state index in [1.54, 1.807) is 35.2 Å². The summed E-state index contributed by atoms with van der Waals surface area (Å²) < 4.78 is 5.87. The van der Waals surface area contributed by atoms with Gasteiger partial charge in [0, 0.05) is 37.2 Å². The van der Waals surface area contributed by atoms with Gasteiger partial charge in [-0.3, -0.25) is 19.2 Å². The molecule has 2 aromatic rings. The van der Waals surface area contributed by atoms with Crippen LogP contribution in [0.25, 0.3) is 0 Å². The third-order valence-electron chi connectivity index (χ3n) is 6.56. The Labute approximate surface area is 196 Å². The average Bonchev–Trinajstić information content (AvgIpc) is 3.52. The van der Waals surface area contributed by atoms with Crippen LogP contribution >= 0.6 is 0 Å². The molecule has 2 fully saturated rings. The molecule has 2 aliphatic heterocycles. The zero-order valence-corrected chi connectivity index (χ0v) is 18.7. The third-order valence-corrected chi connectivity index (χ3v) is 6.56. The van der Waals surface area contributed by atoms with Gasteiger partial charge in [-0.05, 0) is 42.2 Å². The van der Waals surface area contributed by atoms with Crippen LogP contribution in [-0.2, 0) is 16.1 Å². The predicted octanol–water partition coefficient (Wildman–Crippen LogP) is 2.08. The van der Waals surface area contributed by atoms with Crippen molar-refractivity contribution in [3.8, 4) is 5.75 Å². The largest absolute Gasteiger partial charge is 0.479 e. The molecule has 5 rings (SSSR count). The van der Waals surface area contributed by atoms with E-state index in [2.05, 4.69) is 4.98 Å². The molecule has 1 aromatic carbocycles. The van der Waals surface area contributed by atoms with Gasteiger partial charge < -0.3 is 20.3 Å². The van der Waals surface area contributed by atoms with Gasteiger partial charge in [-0.25, -0.2) is 4.98 Å². The normalized spacial score (nSPS) is 19.5. The monoisotopic (exact) mass is 462 g/mol. The fraction of sp³-hybridized carbons (Fsp3) is 0.400. The number of hydrogen-bond acceptors (Lipinski definition) is 6. The lowest BCUT2D eigenvalue weighted by Gasteiger charge is -2.18. The maximum atomic E-state index is 13.0. The molecule has 3 amide bonds. The fourth-order valence-electron chi connectivity index (χ4n) is 4.50. The highest BCUT2D eigenvalue weighted by molar-refractivity contribution is 6.03. The van der Waals surface area contributed by atoms with Gasteiger partial charge in [-0.1, -0.05) is 18.9 Å². The Balaban J connectivity index is 1.21. The van der Waals surface area contributed by atoms with E-state index in [-0.39, 0.29) is 24.1 Å². The summed E-state index contributed by atoms with van der Waals surface area (Å²) in [5.74, 6) is 0.117. The number of amides is 3. The number of nitrogens with zero attached hydrogens (tertiary/aromatic N) is 3. The Bertz CT molecular complexity index is 1160. The van der Waals surface area contributed by atoms with Gasteiger partial charge in [-0.2, -0.15) is 0 Å². The van der Waals surface area contributed by atoms with E-state index in [1.165, 1.54) is 23.9 Å². The number of anilines is 1. The lowest BCUT2D eigenvalue weighted by Crippen LogP contribution is -2.34. The van der Waals surface area contributed by atoms with Crippen LogP contribution in [0.3, 0.4) is 0 Å². The first-order valence-corrected chi connectivity index (χ1v) is 11.6. The number of benzene rings is 1. The number of nitrogens with two attached hydrogens (primary N) is 1. The molecule has 0 unspecified atom stereocenters. The van der Waals surface area contributed by atoms with Crippen molar-refractivity contribution in [2.75, 3.05) is 18.0 Å². The van der Waals surface area contributed by atoms with Gasteiger partial charge in [0.1, 0.15) is 11.4 Å². The summed E-state index contributed by atoms with van der Waals surface area (Å²) in [5, 5.41) is 0. The number of carbonyl (C=O) groups is 4. The van der Waals surface area contributed by atoms with Crippen molar-refractivity contribution in [1.29, 1.82) is 0 Å². The van der Waals surface area contributed by atoms with Crippen molar-refractivity contribution in [3.63, 3.8) is 0 Å². The molecule has 3 heterocycles. The molecule has 1 saturated heterocycles. The second kappa shape index (κ2) is 8.89. The molecule has 0 spiro atoms. The number of rotatable bonds is 9. The lowest BCUT2D eigenvalue weighted by molar-refractivity contribution is -0.123. The topological polar surface area (TPSA) is 123 Å². The van der Waals surface area contributed by atoms with Crippen LogP contribution in [0.4, 0.5) is 5.69 Å². The molecule has 1 aromatic heterocycles. The van der Waals surface area contributed by atoms with E-state index in [0.717, 1.165) is 12.0 Å². The molecule has 1 aliphatic carbocycles. The van der Waals surface area contributed by atoms with Gasteiger partial charge >= 0.3 is 0 Å². The molecular weight excluding hydrogens is 436 g/mol. The van der Waals surface area contributed by atoms with E-state index < -0.39 is 12.0 Å². The molecule has 2 N–H and O–H groups in total. The molecule has 3 aliphatic rings. The maximum Gasteiger partial charge on any atom is 0.268 e. The van der Waals surface area contributed by atoms with Crippen LogP contribution in [0.1, 0.15) is 58.5 Å². The molecule has 1 atom stereocenters. The standard InChI is InChI=1S/C25H26N4O5/c26-23(31)14-28-13-16-4-5-17(11-19(16)24(28)32)29-10-9-22(25(29)33)34-18-6-7-20(27-12-18)21(30)8-3-15-1-2-15/h4-7,11-12,15,22H,1-3,8-10,13-14H2,(H2,26,31)/t22-/m1/s1. The van der Waals surface area contributed by atoms with E-state index >= 15 is 0 Å². The van der Waals surface area contributed by atoms with Gasteiger partial charge in [0.2, 0.25) is 5.91 Å². The SMILES string of the molecule is NC(=O)CN1Cc2ccc(N3CC[C@@H](Oc4ccc(C(=O)CCC5CC5)nc4)C3=O)cc2C1=O. The van der Waals surface area contributed by atoms with Crippen LogP contribution in [0.15, 0.2) is 36.5 Å². The molecule has 9 nitrogen and oxygen atoms in total. The van der Waals surface area contributed by atoms with Crippen LogP contribution in [-0.4, -0.2) is 52.6 Å². The van der Waals surface area contributed by atoms with Crippen molar-refractivity contribution in [2.45, 2.75) is 44.8 Å². The number of Topliss-reactive ketones (excluding diaryl/α,β-unsaturated/α-hetero) is 1. The van der Waals surface area contributed by atoms with E-state index in [1.807, 2.05) is 0 Å². The van der Waals surface area contributed by atoms with Gasteiger partial charge in [0.05, 0.1) is 12.7 Å². The van der Waals surface area contributed by atoms with Crippen molar-refractivity contribution in [2.24, 2.45) is 11.7 Å². The number of ether oxygens (including phenoxy) is 1. The van der Waals surface area contributed by atoms with Crippen LogP contribution < -0.4 is 15.4 Å². The van der Waals surface area contributed by atoms with Gasteiger partial charge in [-0.15, -0.1) is 0 Å². The van der Waals surface area contributed by atoms with Crippen molar-refractivity contribution in [3.05, 3.63) is 53.3 Å². The Morgan fingerprint density at radius 3 is 2.65 bits per heavy atom. The highest BCUT2D eigenvalue weighted by Gasteiger charge is 2.36. The molecule has 176 valence electrons. The number of hydrogen-bond donors (Lipinski definition) is 1. The highest BCUT2D eigenvalue weighted by atomic mass is 16.5. The first-order chi connectivity index (χ1) is 16.4. The van der Waals surface area contributed by atoms with E-state index in [0.29, 0.717) is 54.5 Å². The minimum atomic E-state index is -0.673. The molecular formula is C25H26N4O5. The Morgan fingerprint density at radius 1 is 1.12 bits per heavy atom. The van der Waals surface area contributed by atoms with Crippen LogP contribution in [0.5, 0.6) is 5.75 Å². The first-order valence-electron chi connectivity index (χ1n) is 11.6. The zero-order valence-electron chi connectivity index (χ0n) is 18.7. The van der Waals surface area contributed by atoms with E-state index in [9.17, 15) is 19.2 Å². The van der Waals surface area contributed by atoms with Gasteiger partial charge in [0.25, 0.3) is 11.8 Å². The Morgan fingerprint density at radius 2 is 1.94 bits per heavy atom. The number of carbonyl (C=O) groups excluding carboxylic acids is 4. The first kappa shape index (κ1) is 22.1. The molecule has 9 heteroatoms. The molecule has 1 saturated carbocycles. The number of fused-ring (bicyclic) bond motifs is 1. The van der Waals surface area contributed by atoms with Crippen LogP contribution in [0, 0.1) is 5.92 Å². The summed E-state index contributed by atoms with van der Waals surface area (Å²) in [5.41, 5.74) is 7.52.